The minimum absolute atomic E-state index is 0.226. The Morgan fingerprint density at radius 2 is 2.05 bits per heavy atom. The van der Waals surface area contributed by atoms with Crippen molar-refractivity contribution in [1.82, 2.24) is 15.1 Å². The van der Waals surface area contributed by atoms with Gasteiger partial charge in [-0.05, 0) is 33.0 Å². The number of hydrogen-bond acceptors (Lipinski definition) is 3. The molecular formula is C16H25N3O. The molecule has 1 fully saturated rings. The molecule has 1 aliphatic rings. The van der Waals surface area contributed by atoms with Crippen molar-refractivity contribution in [3.05, 3.63) is 35.9 Å². The van der Waals surface area contributed by atoms with E-state index in [0.717, 1.165) is 19.5 Å². The Bertz CT molecular complexity index is 433. The third kappa shape index (κ3) is 4.05. The fourth-order valence-corrected chi connectivity index (χ4v) is 2.69. The SMILES string of the molecule is CC1CN(C(=O)CN(C)C)C(Cc2ccccc2)CN1. The fourth-order valence-electron chi connectivity index (χ4n) is 2.69. The van der Waals surface area contributed by atoms with Gasteiger partial charge in [0, 0.05) is 25.2 Å². The molecule has 1 aromatic carbocycles. The summed E-state index contributed by atoms with van der Waals surface area (Å²) in [6.07, 6.45) is 0.916. The normalized spacial score (nSPS) is 23.1. The first kappa shape index (κ1) is 15.0. The number of amides is 1. The molecule has 1 aromatic rings. The standard InChI is InChI=1S/C16H25N3O/c1-13-11-19(16(20)12-18(2)3)15(10-17-13)9-14-7-5-4-6-8-14/h4-8,13,15,17H,9-12H2,1-3H3. The molecule has 0 aromatic heterocycles. The van der Waals surface area contributed by atoms with E-state index in [4.69, 9.17) is 0 Å². The van der Waals surface area contributed by atoms with E-state index in [2.05, 4.69) is 36.5 Å². The summed E-state index contributed by atoms with van der Waals surface area (Å²) in [6, 6.07) is 11.0. The number of likely N-dealkylation sites (N-methyl/N-ethyl adjacent to an activating group) is 1. The third-order valence-corrected chi connectivity index (χ3v) is 3.70. The zero-order valence-corrected chi connectivity index (χ0v) is 12.7. The van der Waals surface area contributed by atoms with Crippen LogP contribution in [0.1, 0.15) is 12.5 Å². The molecule has 0 radical (unpaired) electrons. The van der Waals surface area contributed by atoms with Crippen molar-refractivity contribution in [1.29, 1.82) is 0 Å². The van der Waals surface area contributed by atoms with Crippen LogP contribution in [-0.2, 0) is 11.2 Å². The van der Waals surface area contributed by atoms with E-state index < -0.39 is 0 Å². The Hall–Kier alpha value is -1.39. The van der Waals surface area contributed by atoms with Crippen molar-refractivity contribution < 1.29 is 4.79 Å². The van der Waals surface area contributed by atoms with Crippen molar-refractivity contribution in [3.63, 3.8) is 0 Å². The van der Waals surface area contributed by atoms with Crippen molar-refractivity contribution in [3.8, 4) is 0 Å². The van der Waals surface area contributed by atoms with Crippen LogP contribution in [0, 0.1) is 0 Å². The van der Waals surface area contributed by atoms with Crippen LogP contribution in [0.4, 0.5) is 0 Å². The van der Waals surface area contributed by atoms with Crippen molar-refractivity contribution in [2.45, 2.75) is 25.4 Å². The highest BCUT2D eigenvalue weighted by molar-refractivity contribution is 5.78. The summed E-state index contributed by atoms with van der Waals surface area (Å²) in [5, 5.41) is 3.48. The minimum atomic E-state index is 0.226. The molecular weight excluding hydrogens is 250 g/mol. The Morgan fingerprint density at radius 1 is 1.35 bits per heavy atom. The van der Waals surface area contributed by atoms with Gasteiger partial charge in [0.2, 0.25) is 5.91 Å². The average Bonchev–Trinajstić information content (AvgIpc) is 2.41. The number of nitrogens with one attached hydrogen (secondary N) is 1. The van der Waals surface area contributed by atoms with Gasteiger partial charge < -0.3 is 15.1 Å². The van der Waals surface area contributed by atoms with Gasteiger partial charge in [-0.2, -0.15) is 0 Å². The summed E-state index contributed by atoms with van der Waals surface area (Å²) < 4.78 is 0. The molecule has 4 heteroatoms. The molecule has 0 spiro atoms. The molecule has 4 nitrogen and oxygen atoms in total. The maximum absolute atomic E-state index is 12.4. The van der Waals surface area contributed by atoms with Crippen LogP contribution < -0.4 is 5.32 Å². The quantitative estimate of drug-likeness (QED) is 0.890. The van der Waals surface area contributed by atoms with Gasteiger partial charge in [0.1, 0.15) is 0 Å². The van der Waals surface area contributed by atoms with E-state index in [1.54, 1.807) is 0 Å². The largest absolute Gasteiger partial charge is 0.335 e. The molecule has 2 rings (SSSR count). The van der Waals surface area contributed by atoms with Crippen LogP contribution in [0.25, 0.3) is 0 Å². The van der Waals surface area contributed by atoms with Crippen molar-refractivity contribution >= 4 is 5.91 Å². The third-order valence-electron chi connectivity index (χ3n) is 3.70. The second-order valence-electron chi connectivity index (χ2n) is 5.94. The molecule has 1 heterocycles. The molecule has 20 heavy (non-hydrogen) atoms. The molecule has 1 N–H and O–H groups in total. The zero-order chi connectivity index (χ0) is 14.5. The van der Waals surface area contributed by atoms with Gasteiger partial charge >= 0.3 is 0 Å². The van der Waals surface area contributed by atoms with Crippen molar-refractivity contribution in [2.24, 2.45) is 0 Å². The molecule has 2 unspecified atom stereocenters. The summed E-state index contributed by atoms with van der Waals surface area (Å²) in [6.45, 7) is 4.28. The van der Waals surface area contributed by atoms with E-state index in [9.17, 15) is 4.79 Å². The summed E-state index contributed by atoms with van der Waals surface area (Å²) in [7, 11) is 3.88. The topological polar surface area (TPSA) is 35.6 Å². The van der Waals surface area contributed by atoms with Crippen molar-refractivity contribution in [2.75, 3.05) is 33.7 Å². The van der Waals surface area contributed by atoms with Gasteiger partial charge in [-0.15, -0.1) is 0 Å². The first-order valence-corrected chi connectivity index (χ1v) is 7.27. The van der Waals surface area contributed by atoms with Crippen LogP contribution in [0.5, 0.6) is 0 Å². The highest BCUT2D eigenvalue weighted by Crippen LogP contribution is 2.13. The van der Waals surface area contributed by atoms with E-state index in [1.807, 2.05) is 30.0 Å². The lowest BCUT2D eigenvalue weighted by Crippen LogP contribution is -2.59. The maximum atomic E-state index is 12.4. The number of rotatable bonds is 4. The molecule has 110 valence electrons. The van der Waals surface area contributed by atoms with E-state index >= 15 is 0 Å². The van der Waals surface area contributed by atoms with E-state index in [1.165, 1.54) is 5.56 Å². The molecule has 0 bridgehead atoms. The number of piperazine rings is 1. The number of hydrogen-bond donors (Lipinski definition) is 1. The Kier molecular flexibility index (Phi) is 5.15. The first-order chi connectivity index (χ1) is 9.56. The monoisotopic (exact) mass is 275 g/mol. The molecule has 1 saturated heterocycles. The van der Waals surface area contributed by atoms with E-state index in [0.29, 0.717) is 12.6 Å². The van der Waals surface area contributed by atoms with E-state index in [-0.39, 0.29) is 11.9 Å². The molecule has 2 atom stereocenters. The van der Waals surface area contributed by atoms with Crippen LogP contribution in [-0.4, -0.2) is 61.5 Å². The second-order valence-corrected chi connectivity index (χ2v) is 5.94. The summed E-state index contributed by atoms with van der Waals surface area (Å²) >= 11 is 0. The number of benzene rings is 1. The Labute approximate surface area is 121 Å². The predicted molar refractivity (Wildman–Crippen MR) is 81.7 cm³/mol. The summed E-state index contributed by atoms with van der Waals surface area (Å²) in [5.74, 6) is 0.226. The van der Waals surface area contributed by atoms with Crippen LogP contribution in [0.3, 0.4) is 0 Å². The van der Waals surface area contributed by atoms with Gasteiger partial charge in [0.15, 0.2) is 0 Å². The minimum Gasteiger partial charge on any atom is -0.335 e. The maximum Gasteiger partial charge on any atom is 0.237 e. The molecule has 1 amide bonds. The molecule has 1 aliphatic heterocycles. The lowest BCUT2D eigenvalue weighted by atomic mass is 10.0. The van der Waals surface area contributed by atoms with Crippen LogP contribution in [0.15, 0.2) is 30.3 Å². The highest BCUT2D eigenvalue weighted by atomic mass is 16.2. The van der Waals surface area contributed by atoms with Gasteiger partial charge in [-0.3, -0.25) is 4.79 Å². The lowest BCUT2D eigenvalue weighted by Gasteiger charge is -2.40. The van der Waals surface area contributed by atoms with Crippen LogP contribution in [0.2, 0.25) is 0 Å². The first-order valence-electron chi connectivity index (χ1n) is 7.27. The van der Waals surface area contributed by atoms with Crippen LogP contribution >= 0.6 is 0 Å². The lowest BCUT2D eigenvalue weighted by molar-refractivity contribution is -0.135. The number of carbonyl (C=O) groups excluding carboxylic acids is 1. The van der Waals surface area contributed by atoms with Gasteiger partial charge in [-0.1, -0.05) is 30.3 Å². The summed E-state index contributed by atoms with van der Waals surface area (Å²) in [5.41, 5.74) is 1.29. The van der Waals surface area contributed by atoms with Gasteiger partial charge in [0.25, 0.3) is 0 Å². The zero-order valence-electron chi connectivity index (χ0n) is 12.7. The number of carbonyl (C=O) groups is 1. The Morgan fingerprint density at radius 3 is 2.70 bits per heavy atom. The fraction of sp³-hybridized carbons (Fsp3) is 0.562. The summed E-state index contributed by atoms with van der Waals surface area (Å²) in [4.78, 5) is 16.4. The predicted octanol–water partition coefficient (Wildman–Crippen LogP) is 0.980. The highest BCUT2D eigenvalue weighted by Gasteiger charge is 2.29. The Balaban J connectivity index is 2.06. The second kappa shape index (κ2) is 6.86. The smallest absolute Gasteiger partial charge is 0.237 e. The molecule has 0 saturated carbocycles. The average molecular weight is 275 g/mol. The number of nitrogens with zero attached hydrogens (tertiary/aromatic N) is 2. The molecule has 0 aliphatic carbocycles. The van der Waals surface area contributed by atoms with Gasteiger partial charge in [-0.25, -0.2) is 0 Å². The van der Waals surface area contributed by atoms with Gasteiger partial charge in [0.05, 0.1) is 6.54 Å².